The first-order valence-electron chi connectivity index (χ1n) is 9.83. The number of hydrogen-bond donors (Lipinski definition) is 0. The summed E-state index contributed by atoms with van der Waals surface area (Å²) in [4.78, 5) is 32.5. The molecule has 2 aromatic rings. The smallest absolute Gasteiger partial charge is 0.282 e. The maximum atomic E-state index is 13.5. The Morgan fingerprint density at radius 2 is 1.55 bits per heavy atom. The first kappa shape index (κ1) is 19.7. The van der Waals surface area contributed by atoms with Crippen LogP contribution >= 0.6 is 11.6 Å². The molecule has 0 aliphatic carbocycles. The topological polar surface area (TPSA) is 43.9 Å². The number of hydrogen-bond acceptors (Lipinski definition) is 4. The summed E-state index contributed by atoms with van der Waals surface area (Å²) in [7, 11) is 4.03. The molecule has 0 aromatic heterocycles. The normalized spacial score (nSPS) is 18.7. The number of rotatable bonds is 4. The molecule has 5 nitrogen and oxygen atoms in total. The SMILES string of the molecule is CN1CCC(N(C)C2=C(c3ccccc3)C(=O)N(c3ccccc3Cl)C2=O)CC1. The van der Waals surface area contributed by atoms with E-state index in [1.807, 2.05) is 42.3 Å². The number of carbonyl (C=O) groups is 2. The van der Waals surface area contributed by atoms with Crippen molar-refractivity contribution in [3.05, 3.63) is 70.9 Å². The molecular weight excluding hydrogens is 386 g/mol. The standard InChI is InChI=1S/C23H24ClN3O2/c1-25-14-12-17(13-15-25)26(2)21-20(16-8-4-3-5-9-16)22(28)27(23(21)29)19-11-7-6-10-18(19)24/h3-11,17H,12-15H2,1-2H3. The Morgan fingerprint density at radius 1 is 0.931 bits per heavy atom. The molecule has 0 radical (unpaired) electrons. The second kappa shape index (κ2) is 8.01. The highest BCUT2D eigenvalue weighted by Gasteiger charge is 2.43. The summed E-state index contributed by atoms with van der Waals surface area (Å²) in [6.07, 6.45) is 1.90. The van der Waals surface area contributed by atoms with Gasteiger partial charge in [-0.2, -0.15) is 0 Å². The average Bonchev–Trinajstić information content (AvgIpc) is 2.99. The second-order valence-electron chi connectivity index (χ2n) is 7.63. The summed E-state index contributed by atoms with van der Waals surface area (Å²) >= 11 is 6.34. The number of carbonyl (C=O) groups excluding carboxylic acids is 2. The van der Waals surface area contributed by atoms with Gasteiger partial charge in [-0.15, -0.1) is 0 Å². The monoisotopic (exact) mass is 409 g/mol. The fourth-order valence-electron chi connectivity index (χ4n) is 4.13. The van der Waals surface area contributed by atoms with Crippen LogP contribution < -0.4 is 4.90 Å². The van der Waals surface area contributed by atoms with E-state index in [-0.39, 0.29) is 17.9 Å². The van der Waals surface area contributed by atoms with Gasteiger partial charge in [0.1, 0.15) is 5.70 Å². The van der Waals surface area contributed by atoms with Gasteiger partial charge in [0.05, 0.1) is 16.3 Å². The lowest BCUT2D eigenvalue weighted by atomic mass is 10.0. The van der Waals surface area contributed by atoms with E-state index in [1.165, 1.54) is 4.90 Å². The molecule has 2 heterocycles. The Bertz CT molecular complexity index is 965. The Kier molecular flexibility index (Phi) is 5.43. The summed E-state index contributed by atoms with van der Waals surface area (Å²) < 4.78 is 0. The van der Waals surface area contributed by atoms with Crippen molar-refractivity contribution < 1.29 is 9.59 Å². The molecule has 2 aliphatic rings. The summed E-state index contributed by atoms with van der Waals surface area (Å²) in [5.41, 5.74) is 2.06. The molecule has 1 fully saturated rings. The van der Waals surface area contributed by atoms with Crippen LogP contribution in [0.25, 0.3) is 5.57 Å². The molecule has 2 amide bonds. The number of piperidine rings is 1. The highest BCUT2D eigenvalue weighted by molar-refractivity contribution is 6.47. The molecule has 2 aromatic carbocycles. The van der Waals surface area contributed by atoms with Gasteiger partial charge < -0.3 is 9.80 Å². The van der Waals surface area contributed by atoms with Crippen molar-refractivity contribution in [1.29, 1.82) is 0 Å². The lowest BCUT2D eigenvalue weighted by Gasteiger charge is -2.36. The fourth-order valence-corrected chi connectivity index (χ4v) is 4.35. The number of para-hydroxylation sites is 1. The zero-order valence-corrected chi connectivity index (χ0v) is 17.4. The van der Waals surface area contributed by atoms with Gasteiger partial charge in [0.2, 0.25) is 0 Å². The molecule has 0 saturated carbocycles. The van der Waals surface area contributed by atoms with Crippen LogP contribution in [0, 0.1) is 0 Å². The molecule has 150 valence electrons. The number of likely N-dealkylation sites (tertiary alicyclic amines) is 1. The number of anilines is 1. The number of nitrogens with zero attached hydrogens (tertiary/aromatic N) is 3. The van der Waals surface area contributed by atoms with Gasteiger partial charge in [-0.25, -0.2) is 4.90 Å². The zero-order valence-electron chi connectivity index (χ0n) is 16.6. The van der Waals surface area contributed by atoms with Gasteiger partial charge in [-0.1, -0.05) is 54.1 Å². The van der Waals surface area contributed by atoms with Crippen LogP contribution in [0.4, 0.5) is 5.69 Å². The molecule has 6 heteroatoms. The van der Waals surface area contributed by atoms with Crippen molar-refractivity contribution >= 4 is 34.7 Å². The van der Waals surface area contributed by atoms with Gasteiger partial charge in [0, 0.05) is 13.1 Å². The van der Waals surface area contributed by atoms with Crippen LogP contribution in [0.5, 0.6) is 0 Å². The first-order chi connectivity index (χ1) is 14.0. The van der Waals surface area contributed by atoms with Crippen molar-refractivity contribution in [2.45, 2.75) is 18.9 Å². The van der Waals surface area contributed by atoms with E-state index in [4.69, 9.17) is 11.6 Å². The van der Waals surface area contributed by atoms with Crippen LogP contribution in [0.3, 0.4) is 0 Å². The van der Waals surface area contributed by atoms with Crippen LogP contribution in [0.2, 0.25) is 5.02 Å². The minimum atomic E-state index is -0.330. The molecule has 29 heavy (non-hydrogen) atoms. The Balaban J connectivity index is 1.79. The summed E-state index contributed by atoms with van der Waals surface area (Å²) in [6.45, 7) is 1.94. The molecule has 0 unspecified atom stereocenters. The van der Waals surface area contributed by atoms with E-state index in [9.17, 15) is 9.59 Å². The van der Waals surface area contributed by atoms with Crippen molar-refractivity contribution in [2.24, 2.45) is 0 Å². The van der Waals surface area contributed by atoms with E-state index in [0.29, 0.717) is 22.0 Å². The highest BCUT2D eigenvalue weighted by atomic mass is 35.5. The Morgan fingerprint density at radius 3 is 2.21 bits per heavy atom. The molecule has 0 bridgehead atoms. The van der Waals surface area contributed by atoms with Gasteiger partial charge in [0.25, 0.3) is 11.8 Å². The van der Waals surface area contributed by atoms with Crippen LogP contribution in [0.15, 0.2) is 60.3 Å². The Hall–Kier alpha value is -2.63. The maximum absolute atomic E-state index is 13.5. The van der Waals surface area contributed by atoms with Crippen LogP contribution in [-0.4, -0.2) is 54.8 Å². The van der Waals surface area contributed by atoms with E-state index in [2.05, 4.69) is 11.9 Å². The lowest BCUT2D eigenvalue weighted by Crippen LogP contribution is -2.43. The Labute approximate surface area is 176 Å². The lowest BCUT2D eigenvalue weighted by molar-refractivity contribution is -0.120. The van der Waals surface area contributed by atoms with Crippen LogP contribution in [-0.2, 0) is 9.59 Å². The molecule has 4 rings (SSSR count). The number of imide groups is 1. The first-order valence-corrected chi connectivity index (χ1v) is 10.2. The third kappa shape index (κ3) is 3.56. The van der Waals surface area contributed by atoms with Crippen molar-refractivity contribution in [2.75, 3.05) is 32.1 Å². The molecule has 0 spiro atoms. The van der Waals surface area contributed by atoms with E-state index < -0.39 is 0 Å². The average molecular weight is 410 g/mol. The van der Waals surface area contributed by atoms with E-state index >= 15 is 0 Å². The van der Waals surface area contributed by atoms with E-state index in [1.54, 1.807) is 24.3 Å². The van der Waals surface area contributed by atoms with Gasteiger partial charge >= 0.3 is 0 Å². The fraction of sp³-hybridized carbons (Fsp3) is 0.304. The highest BCUT2D eigenvalue weighted by Crippen LogP contribution is 2.38. The maximum Gasteiger partial charge on any atom is 0.282 e. The third-order valence-corrected chi connectivity index (χ3v) is 6.12. The molecular formula is C23H24ClN3O2. The molecule has 1 saturated heterocycles. The minimum absolute atomic E-state index is 0.211. The third-order valence-electron chi connectivity index (χ3n) is 5.80. The van der Waals surface area contributed by atoms with Crippen LogP contribution in [0.1, 0.15) is 18.4 Å². The number of amides is 2. The zero-order chi connectivity index (χ0) is 20.5. The quantitative estimate of drug-likeness (QED) is 0.723. The van der Waals surface area contributed by atoms with E-state index in [0.717, 1.165) is 31.5 Å². The summed E-state index contributed by atoms with van der Waals surface area (Å²) in [5, 5.41) is 0.379. The molecule has 0 atom stereocenters. The molecule has 0 N–H and O–H groups in total. The van der Waals surface area contributed by atoms with Crippen molar-refractivity contribution in [1.82, 2.24) is 9.80 Å². The van der Waals surface area contributed by atoms with Gasteiger partial charge in [-0.05, 0) is 50.7 Å². The number of halogens is 1. The largest absolute Gasteiger partial charge is 0.366 e. The second-order valence-corrected chi connectivity index (χ2v) is 8.04. The predicted molar refractivity (Wildman–Crippen MR) is 116 cm³/mol. The minimum Gasteiger partial charge on any atom is -0.366 e. The van der Waals surface area contributed by atoms with Gasteiger partial charge in [-0.3, -0.25) is 9.59 Å². The van der Waals surface area contributed by atoms with Crippen molar-refractivity contribution in [3.8, 4) is 0 Å². The summed E-state index contributed by atoms with van der Waals surface area (Å²) in [5.74, 6) is -0.646. The summed E-state index contributed by atoms with van der Waals surface area (Å²) in [6, 6.07) is 16.6. The van der Waals surface area contributed by atoms with Crippen molar-refractivity contribution in [3.63, 3.8) is 0 Å². The van der Waals surface area contributed by atoms with Gasteiger partial charge in [0.15, 0.2) is 0 Å². The number of benzene rings is 2. The molecule has 2 aliphatic heterocycles. The predicted octanol–water partition coefficient (Wildman–Crippen LogP) is 3.65. The number of likely N-dealkylation sites (N-methyl/N-ethyl adjacent to an activating group) is 1.